The fourth-order valence-electron chi connectivity index (χ4n) is 3.21. The van der Waals surface area contributed by atoms with Gasteiger partial charge < -0.3 is 5.32 Å². The van der Waals surface area contributed by atoms with Gasteiger partial charge in [-0.05, 0) is 31.1 Å². The normalized spacial score (nSPS) is 31.1. The maximum Gasteiger partial charge on any atom is 0.0249 e. The van der Waals surface area contributed by atoms with Gasteiger partial charge in [0.2, 0.25) is 0 Å². The van der Waals surface area contributed by atoms with Crippen molar-refractivity contribution in [2.75, 3.05) is 19.6 Å². The lowest BCUT2D eigenvalue weighted by atomic mass is 9.98. The summed E-state index contributed by atoms with van der Waals surface area (Å²) in [6.45, 7) is 10.9. The van der Waals surface area contributed by atoms with E-state index in [4.69, 9.17) is 0 Å². The predicted octanol–water partition coefficient (Wildman–Crippen LogP) is 2.89. The summed E-state index contributed by atoms with van der Waals surface area (Å²) in [5.41, 5.74) is 0. The molecule has 2 unspecified atom stereocenters. The Kier molecular flexibility index (Phi) is 4.87. The molecule has 1 saturated heterocycles. The first-order chi connectivity index (χ1) is 8.28. The van der Waals surface area contributed by atoms with E-state index in [-0.39, 0.29) is 0 Å². The van der Waals surface area contributed by atoms with Crippen LogP contribution < -0.4 is 5.32 Å². The highest BCUT2D eigenvalue weighted by Crippen LogP contribution is 2.36. The highest BCUT2D eigenvalue weighted by atomic mass is 15.2. The molecule has 0 radical (unpaired) electrons. The van der Waals surface area contributed by atoms with E-state index in [2.05, 4.69) is 31.0 Å². The van der Waals surface area contributed by atoms with Gasteiger partial charge in [0.25, 0.3) is 0 Å². The highest BCUT2D eigenvalue weighted by Gasteiger charge is 2.38. The van der Waals surface area contributed by atoms with Crippen LogP contribution >= 0.6 is 0 Å². The van der Waals surface area contributed by atoms with E-state index in [1.807, 2.05) is 0 Å². The van der Waals surface area contributed by atoms with E-state index in [0.717, 1.165) is 23.9 Å². The molecular weight excluding hydrogens is 208 g/mol. The Hall–Kier alpha value is -0.0800. The van der Waals surface area contributed by atoms with Crippen molar-refractivity contribution in [3.8, 4) is 0 Å². The summed E-state index contributed by atoms with van der Waals surface area (Å²) in [5, 5.41) is 3.74. The van der Waals surface area contributed by atoms with Gasteiger partial charge in [0.15, 0.2) is 0 Å². The van der Waals surface area contributed by atoms with Crippen LogP contribution in [0.1, 0.15) is 52.9 Å². The van der Waals surface area contributed by atoms with Crippen LogP contribution in [0, 0.1) is 11.8 Å². The monoisotopic (exact) mass is 238 g/mol. The molecule has 0 aromatic heterocycles. The summed E-state index contributed by atoms with van der Waals surface area (Å²) in [6, 6.07) is 1.58. The fourth-order valence-corrected chi connectivity index (χ4v) is 3.21. The minimum atomic E-state index is 0.736. The lowest BCUT2D eigenvalue weighted by molar-refractivity contribution is 0.0928. The van der Waals surface area contributed by atoms with Gasteiger partial charge in [-0.25, -0.2) is 0 Å². The Morgan fingerprint density at radius 1 is 1.18 bits per heavy atom. The zero-order chi connectivity index (χ0) is 12.3. The van der Waals surface area contributed by atoms with Crippen molar-refractivity contribution in [3.05, 3.63) is 0 Å². The van der Waals surface area contributed by atoms with Crippen LogP contribution in [-0.2, 0) is 0 Å². The van der Waals surface area contributed by atoms with Crippen LogP contribution in [0.5, 0.6) is 0 Å². The first kappa shape index (κ1) is 13.4. The van der Waals surface area contributed by atoms with Crippen molar-refractivity contribution in [1.82, 2.24) is 10.2 Å². The average Bonchev–Trinajstić information content (AvgIpc) is 3.19. The Morgan fingerprint density at radius 2 is 1.88 bits per heavy atom. The first-order valence-electron chi connectivity index (χ1n) is 7.75. The standard InChI is InChI=1S/C15H30N2/c1-4-12(5-2)10-17-11-14(6-3)16-9-15(17)13-7-8-13/h12-16H,4-11H2,1-3H3. The lowest BCUT2D eigenvalue weighted by Gasteiger charge is -2.42. The zero-order valence-electron chi connectivity index (χ0n) is 11.9. The van der Waals surface area contributed by atoms with Gasteiger partial charge in [0.1, 0.15) is 0 Å². The molecule has 0 aromatic carbocycles. The maximum atomic E-state index is 3.74. The molecule has 0 bridgehead atoms. The molecule has 2 nitrogen and oxygen atoms in total. The molecule has 17 heavy (non-hydrogen) atoms. The lowest BCUT2D eigenvalue weighted by Crippen LogP contribution is -2.58. The van der Waals surface area contributed by atoms with E-state index in [1.54, 1.807) is 0 Å². The van der Waals surface area contributed by atoms with Crippen molar-refractivity contribution in [3.63, 3.8) is 0 Å². The van der Waals surface area contributed by atoms with Crippen LogP contribution in [0.25, 0.3) is 0 Å². The molecule has 1 saturated carbocycles. The fraction of sp³-hybridized carbons (Fsp3) is 1.00. The van der Waals surface area contributed by atoms with Gasteiger partial charge in [-0.2, -0.15) is 0 Å². The summed E-state index contributed by atoms with van der Waals surface area (Å²) in [6.07, 6.45) is 6.91. The number of piperazine rings is 1. The van der Waals surface area contributed by atoms with Crippen LogP contribution in [0.3, 0.4) is 0 Å². The number of nitrogens with zero attached hydrogens (tertiary/aromatic N) is 1. The first-order valence-corrected chi connectivity index (χ1v) is 7.75. The van der Waals surface area contributed by atoms with Crippen LogP contribution in [0.2, 0.25) is 0 Å². The topological polar surface area (TPSA) is 15.3 Å². The number of hydrogen-bond acceptors (Lipinski definition) is 2. The second-order valence-electron chi connectivity index (χ2n) is 6.05. The van der Waals surface area contributed by atoms with Crippen molar-refractivity contribution >= 4 is 0 Å². The number of hydrogen-bond donors (Lipinski definition) is 1. The van der Waals surface area contributed by atoms with E-state index < -0.39 is 0 Å². The zero-order valence-corrected chi connectivity index (χ0v) is 11.9. The van der Waals surface area contributed by atoms with Crippen LogP contribution in [-0.4, -0.2) is 36.6 Å². The van der Waals surface area contributed by atoms with E-state index in [9.17, 15) is 0 Å². The highest BCUT2D eigenvalue weighted by molar-refractivity contribution is 4.95. The van der Waals surface area contributed by atoms with E-state index in [0.29, 0.717) is 0 Å². The summed E-state index contributed by atoms with van der Waals surface area (Å²) in [4.78, 5) is 2.82. The summed E-state index contributed by atoms with van der Waals surface area (Å²) >= 11 is 0. The largest absolute Gasteiger partial charge is 0.311 e. The molecule has 1 N–H and O–H groups in total. The molecule has 1 aliphatic heterocycles. The Balaban J connectivity index is 1.92. The molecule has 100 valence electrons. The average molecular weight is 238 g/mol. The number of rotatable bonds is 6. The predicted molar refractivity (Wildman–Crippen MR) is 74.2 cm³/mol. The van der Waals surface area contributed by atoms with Crippen molar-refractivity contribution in [1.29, 1.82) is 0 Å². The van der Waals surface area contributed by atoms with Gasteiger partial charge in [0.05, 0.1) is 0 Å². The third-order valence-electron chi connectivity index (χ3n) is 4.85. The molecule has 0 aromatic rings. The van der Waals surface area contributed by atoms with Crippen LogP contribution in [0.4, 0.5) is 0 Å². The van der Waals surface area contributed by atoms with Gasteiger partial charge in [-0.3, -0.25) is 4.90 Å². The van der Waals surface area contributed by atoms with Crippen molar-refractivity contribution in [2.45, 2.75) is 65.0 Å². The minimum absolute atomic E-state index is 0.736. The van der Waals surface area contributed by atoms with Crippen molar-refractivity contribution in [2.24, 2.45) is 11.8 Å². The SMILES string of the molecule is CCC(CC)CN1CC(CC)NCC1C1CC1. The molecular formula is C15H30N2. The molecule has 0 spiro atoms. The van der Waals surface area contributed by atoms with Gasteiger partial charge in [-0.15, -0.1) is 0 Å². The smallest absolute Gasteiger partial charge is 0.0249 e. The van der Waals surface area contributed by atoms with Gasteiger partial charge >= 0.3 is 0 Å². The van der Waals surface area contributed by atoms with Gasteiger partial charge in [0, 0.05) is 31.7 Å². The second kappa shape index (κ2) is 6.19. The third kappa shape index (κ3) is 3.45. The van der Waals surface area contributed by atoms with Crippen molar-refractivity contribution < 1.29 is 0 Å². The molecule has 1 aliphatic carbocycles. The molecule has 2 rings (SSSR count). The van der Waals surface area contributed by atoms with Gasteiger partial charge in [-0.1, -0.05) is 33.6 Å². The Bertz CT molecular complexity index is 221. The minimum Gasteiger partial charge on any atom is -0.311 e. The Morgan fingerprint density at radius 3 is 2.41 bits per heavy atom. The molecule has 0 amide bonds. The quantitative estimate of drug-likeness (QED) is 0.765. The summed E-state index contributed by atoms with van der Waals surface area (Å²) < 4.78 is 0. The molecule has 2 heteroatoms. The number of nitrogens with one attached hydrogen (secondary N) is 1. The summed E-state index contributed by atoms with van der Waals surface area (Å²) in [5.74, 6) is 1.92. The molecule has 2 fully saturated rings. The second-order valence-corrected chi connectivity index (χ2v) is 6.05. The van der Waals surface area contributed by atoms with E-state index in [1.165, 1.54) is 51.7 Å². The maximum absolute atomic E-state index is 3.74. The molecule has 2 atom stereocenters. The van der Waals surface area contributed by atoms with E-state index >= 15 is 0 Å². The third-order valence-corrected chi connectivity index (χ3v) is 4.85. The summed E-state index contributed by atoms with van der Waals surface area (Å²) in [7, 11) is 0. The Labute approximate surface area is 107 Å². The molecule has 2 aliphatic rings. The molecule has 1 heterocycles. The van der Waals surface area contributed by atoms with Crippen LogP contribution in [0.15, 0.2) is 0 Å².